The topological polar surface area (TPSA) is 77.1 Å². The Morgan fingerprint density at radius 2 is 1.79 bits per heavy atom. The third-order valence-corrected chi connectivity index (χ3v) is 3.00. The molecule has 0 spiro atoms. The van der Waals surface area contributed by atoms with E-state index in [-0.39, 0.29) is 0 Å². The van der Waals surface area contributed by atoms with Crippen LogP contribution in [0.4, 0.5) is 5.88 Å². The van der Waals surface area contributed by atoms with Crippen molar-refractivity contribution in [1.29, 1.82) is 10.5 Å². The minimum absolute atomic E-state index is 0.457. The van der Waals surface area contributed by atoms with Crippen molar-refractivity contribution in [2.75, 3.05) is 19.0 Å². The Morgan fingerprint density at radius 1 is 1.05 bits per heavy atom. The summed E-state index contributed by atoms with van der Waals surface area (Å²) < 4.78 is 11.0. The molecule has 0 saturated heterocycles. The van der Waals surface area contributed by atoms with E-state index >= 15 is 0 Å². The lowest BCUT2D eigenvalue weighted by atomic mass is 10.1. The Balaban J connectivity index is 2.44. The lowest BCUT2D eigenvalue weighted by Crippen LogP contribution is -2.08. The molecule has 0 radical (unpaired) electrons. The molecule has 0 aliphatic rings. The number of fused-ring (bicyclic) bond motifs is 2. The van der Waals surface area contributed by atoms with Crippen LogP contribution in [0.25, 0.3) is 21.9 Å². The van der Waals surface area contributed by atoms with Crippen LogP contribution >= 0.6 is 0 Å². The third-order valence-electron chi connectivity index (χ3n) is 3.00. The molecule has 0 N–H and O–H groups in total. The van der Waals surface area contributed by atoms with Crippen LogP contribution in [-0.4, -0.2) is 14.1 Å². The van der Waals surface area contributed by atoms with Gasteiger partial charge in [-0.3, -0.25) is 0 Å². The summed E-state index contributed by atoms with van der Waals surface area (Å²) in [6.45, 7) is 0. The maximum atomic E-state index is 9.26. The van der Waals surface area contributed by atoms with Crippen molar-refractivity contribution in [3.05, 3.63) is 29.5 Å². The summed E-state index contributed by atoms with van der Waals surface area (Å²) in [5.41, 5.74) is 2.08. The van der Waals surface area contributed by atoms with Crippen molar-refractivity contribution >= 4 is 27.8 Å². The number of anilines is 1. The monoisotopic (exact) mass is 251 g/mol. The molecule has 0 saturated carbocycles. The van der Waals surface area contributed by atoms with Gasteiger partial charge in [0.05, 0.1) is 5.56 Å². The molecule has 0 aliphatic heterocycles. The highest BCUT2D eigenvalue weighted by Crippen LogP contribution is 2.35. The number of hydrogen-bond donors (Lipinski definition) is 0. The van der Waals surface area contributed by atoms with Crippen molar-refractivity contribution in [3.63, 3.8) is 0 Å². The number of nitriles is 2. The van der Waals surface area contributed by atoms with E-state index in [0.29, 0.717) is 38.9 Å². The van der Waals surface area contributed by atoms with Gasteiger partial charge in [-0.1, -0.05) is 0 Å². The summed E-state index contributed by atoms with van der Waals surface area (Å²) in [6, 6.07) is 7.68. The fourth-order valence-electron chi connectivity index (χ4n) is 2.11. The number of hydrogen-bond acceptors (Lipinski definition) is 5. The molecule has 0 aliphatic carbocycles. The normalized spacial score (nSPS) is 10.5. The third kappa shape index (κ3) is 1.46. The standard InChI is InChI=1S/C14H9N3O2/c1-17(2)14-11(6-16)10-4-12-9(3-13(10)19-14)8(5-15)7-18-12/h3-4,7H,1-2H3. The van der Waals surface area contributed by atoms with Crippen LogP contribution in [0.3, 0.4) is 0 Å². The van der Waals surface area contributed by atoms with Gasteiger partial charge in [0.15, 0.2) is 0 Å². The van der Waals surface area contributed by atoms with E-state index in [0.717, 1.165) is 0 Å². The zero-order valence-corrected chi connectivity index (χ0v) is 10.4. The summed E-state index contributed by atoms with van der Waals surface area (Å²) in [6.07, 6.45) is 1.41. The Morgan fingerprint density at radius 3 is 2.42 bits per heavy atom. The maximum Gasteiger partial charge on any atom is 0.214 e. The Hall–Kier alpha value is -2.92. The highest BCUT2D eigenvalue weighted by Gasteiger charge is 2.18. The zero-order valence-electron chi connectivity index (χ0n) is 10.4. The van der Waals surface area contributed by atoms with Gasteiger partial charge in [-0.15, -0.1) is 0 Å². The molecule has 3 aromatic rings. The fraction of sp³-hybridized carbons (Fsp3) is 0.143. The summed E-state index contributed by atoms with van der Waals surface area (Å²) in [5.74, 6) is 0.503. The van der Waals surface area contributed by atoms with Crippen LogP contribution in [-0.2, 0) is 0 Å². The van der Waals surface area contributed by atoms with Crippen LogP contribution in [0, 0.1) is 22.7 Å². The summed E-state index contributed by atoms with van der Waals surface area (Å²) >= 11 is 0. The first-order chi connectivity index (χ1) is 9.15. The van der Waals surface area contributed by atoms with Crippen LogP contribution < -0.4 is 4.90 Å². The van der Waals surface area contributed by atoms with Crippen LogP contribution in [0.5, 0.6) is 0 Å². The van der Waals surface area contributed by atoms with E-state index < -0.39 is 0 Å². The number of furan rings is 2. The van der Waals surface area contributed by atoms with Crippen molar-refractivity contribution in [3.8, 4) is 12.1 Å². The second-order valence-electron chi connectivity index (χ2n) is 4.39. The molecule has 0 bridgehead atoms. The lowest BCUT2D eigenvalue weighted by molar-refractivity contribution is 0.607. The first-order valence-corrected chi connectivity index (χ1v) is 5.61. The lowest BCUT2D eigenvalue weighted by Gasteiger charge is -2.06. The first-order valence-electron chi connectivity index (χ1n) is 5.61. The fourth-order valence-corrected chi connectivity index (χ4v) is 2.11. The molecular formula is C14H9N3O2. The molecule has 2 heterocycles. The second kappa shape index (κ2) is 3.79. The minimum Gasteiger partial charge on any atom is -0.463 e. The minimum atomic E-state index is 0.457. The van der Waals surface area contributed by atoms with Gasteiger partial charge in [-0.2, -0.15) is 10.5 Å². The summed E-state index contributed by atoms with van der Waals surface area (Å²) in [4.78, 5) is 1.74. The van der Waals surface area contributed by atoms with E-state index in [1.165, 1.54) is 6.26 Å². The largest absolute Gasteiger partial charge is 0.463 e. The SMILES string of the molecule is CN(C)c1oc2cc3c(C#N)coc3cc2c1C#N. The molecule has 5 heteroatoms. The highest BCUT2D eigenvalue weighted by molar-refractivity contribution is 6.00. The first kappa shape index (κ1) is 11.2. The Labute approximate surface area is 108 Å². The summed E-state index contributed by atoms with van der Waals surface area (Å²) in [7, 11) is 3.62. The molecule has 19 heavy (non-hydrogen) atoms. The number of rotatable bonds is 1. The van der Waals surface area contributed by atoms with Gasteiger partial charge in [0.1, 0.15) is 35.1 Å². The molecule has 1 aromatic carbocycles. The zero-order chi connectivity index (χ0) is 13.6. The Bertz CT molecular complexity index is 872. The van der Waals surface area contributed by atoms with E-state index in [1.807, 2.05) is 14.1 Å². The highest BCUT2D eigenvalue weighted by atomic mass is 16.4. The molecule has 2 aromatic heterocycles. The van der Waals surface area contributed by atoms with Gasteiger partial charge in [-0.25, -0.2) is 0 Å². The van der Waals surface area contributed by atoms with E-state index in [4.69, 9.17) is 14.1 Å². The molecule has 5 nitrogen and oxygen atoms in total. The van der Waals surface area contributed by atoms with Crippen molar-refractivity contribution in [2.45, 2.75) is 0 Å². The van der Waals surface area contributed by atoms with Gasteiger partial charge < -0.3 is 13.7 Å². The maximum absolute atomic E-state index is 9.26. The van der Waals surface area contributed by atoms with Gasteiger partial charge in [0.2, 0.25) is 5.88 Å². The van der Waals surface area contributed by atoms with Crippen molar-refractivity contribution in [2.24, 2.45) is 0 Å². The second-order valence-corrected chi connectivity index (χ2v) is 4.39. The predicted octanol–water partition coefficient (Wildman–Crippen LogP) is 2.99. The van der Waals surface area contributed by atoms with E-state index in [1.54, 1.807) is 17.0 Å². The number of nitrogens with zero attached hydrogens (tertiary/aromatic N) is 3. The van der Waals surface area contributed by atoms with Crippen molar-refractivity contribution < 1.29 is 8.83 Å². The molecule has 3 rings (SSSR count). The molecule has 92 valence electrons. The van der Waals surface area contributed by atoms with E-state index in [9.17, 15) is 5.26 Å². The smallest absolute Gasteiger partial charge is 0.214 e. The van der Waals surface area contributed by atoms with Crippen LogP contribution in [0.1, 0.15) is 11.1 Å². The van der Waals surface area contributed by atoms with Crippen LogP contribution in [0.2, 0.25) is 0 Å². The molecule has 0 unspecified atom stereocenters. The Kier molecular flexibility index (Phi) is 2.23. The average Bonchev–Trinajstić information content (AvgIpc) is 2.95. The molecule has 0 fully saturated rings. The predicted molar refractivity (Wildman–Crippen MR) is 69.7 cm³/mol. The van der Waals surface area contributed by atoms with E-state index in [2.05, 4.69) is 12.1 Å². The van der Waals surface area contributed by atoms with Gasteiger partial charge in [0.25, 0.3) is 0 Å². The van der Waals surface area contributed by atoms with Crippen molar-refractivity contribution in [1.82, 2.24) is 0 Å². The number of benzene rings is 1. The van der Waals surface area contributed by atoms with Crippen LogP contribution in [0.15, 0.2) is 27.2 Å². The molecule has 0 atom stereocenters. The van der Waals surface area contributed by atoms with Gasteiger partial charge >= 0.3 is 0 Å². The summed E-state index contributed by atoms with van der Waals surface area (Å²) in [5, 5.41) is 19.6. The quantitative estimate of drug-likeness (QED) is 0.664. The molecule has 0 amide bonds. The van der Waals surface area contributed by atoms with Gasteiger partial charge in [0, 0.05) is 24.9 Å². The average molecular weight is 251 g/mol. The molecular weight excluding hydrogens is 242 g/mol. The van der Waals surface area contributed by atoms with Gasteiger partial charge in [-0.05, 0) is 12.1 Å².